The molecule has 5 heteroatoms. The average Bonchev–Trinajstić information content (AvgIpc) is 2.52. The Balaban J connectivity index is 2.29. The molecule has 0 radical (unpaired) electrons. The Labute approximate surface area is 132 Å². The van der Waals surface area contributed by atoms with Crippen LogP contribution in [0, 0.1) is 0 Å². The van der Waals surface area contributed by atoms with Gasteiger partial charge in [-0.1, -0.05) is 50.1 Å². The van der Waals surface area contributed by atoms with Crippen LogP contribution in [0.25, 0.3) is 11.1 Å². The Bertz CT molecular complexity index is 710. The fraction of sp³-hybridized carbons (Fsp3) is 0.294. The lowest BCUT2D eigenvalue weighted by molar-refractivity contribution is 0.576. The van der Waals surface area contributed by atoms with Gasteiger partial charge in [-0.15, -0.1) is 0 Å². The summed E-state index contributed by atoms with van der Waals surface area (Å²) < 4.78 is 27.7. The molecule has 0 saturated heterocycles. The highest BCUT2D eigenvalue weighted by molar-refractivity contribution is 7.89. The highest BCUT2D eigenvalue weighted by Gasteiger charge is 2.18. The minimum Gasteiger partial charge on any atom is -0.399 e. The number of unbranched alkanes of at least 4 members (excludes halogenated alkanes) is 2. The summed E-state index contributed by atoms with van der Waals surface area (Å²) in [5.41, 5.74) is 7.87. The van der Waals surface area contributed by atoms with Crippen molar-refractivity contribution < 1.29 is 8.42 Å². The predicted molar refractivity (Wildman–Crippen MR) is 91.0 cm³/mol. The van der Waals surface area contributed by atoms with Gasteiger partial charge in [0, 0.05) is 17.8 Å². The number of nitrogens with two attached hydrogens (primary N) is 1. The zero-order valence-electron chi connectivity index (χ0n) is 12.7. The Morgan fingerprint density at radius 2 is 1.68 bits per heavy atom. The first-order valence-electron chi connectivity index (χ1n) is 7.49. The third-order valence-corrected chi connectivity index (χ3v) is 4.99. The second-order valence-corrected chi connectivity index (χ2v) is 6.96. The fourth-order valence-electron chi connectivity index (χ4n) is 2.26. The van der Waals surface area contributed by atoms with Crippen molar-refractivity contribution in [3.63, 3.8) is 0 Å². The smallest absolute Gasteiger partial charge is 0.241 e. The van der Waals surface area contributed by atoms with Crippen molar-refractivity contribution in [1.29, 1.82) is 0 Å². The number of hydrogen-bond acceptors (Lipinski definition) is 3. The molecule has 0 fully saturated rings. The molecule has 0 aliphatic carbocycles. The summed E-state index contributed by atoms with van der Waals surface area (Å²) in [6, 6.07) is 14.2. The first-order valence-corrected chi connectivity index (χ1v) is 8.97. The van der Waals surface area contributed by atoms with Crippen LogP contribution in [-0.2, 0) is 10.0 Å². The van der Waals surface area contributed by atoms with E-state index in [0.29, 0.717) is 22.7 Å². The molecule has 118 valence electrons. The third kappa shape index (κ3) is 4.08. The third-order valence-electron chi connectivity index (χ3n) is 3.47. The molecule has 2 aromatic carbocycles. The largest absolute Gasteiger partial charge is 0.399 e. The molecule has 22 heavy (non-hydrogen) atoms. The fourth-order valence-corrected chi connectivity index (χ4v) is 3.56. The van der Waals surface area contributed by atoms with E-state index in [1.807, 2.05) is 24.3 Å². The van der Waals surface area contributed by atoms with Gasteiger partial charge < -0.3 is 5.73 Å². The van der Waals surface area contributed by atoms with E-state index < -0.39 is 10.0 Å². The normalized spacial score (nSPS) is 11.5. The van der Waals surface area contributed by atoms with Crippen LogP contribution in [0.1, 0.15) is 26.2 Å². The Morgan fingerprint density at radius 1 is 1.00 bits per heavy atom. The minimum atomic E-state index is -3.51. The highest BCUT2D eigenvalue weighted by Crippen LogP contribution is 2.27. The molecule has 2 rings (SSSR count). The van der Waals surface area contributed by atoms with Crippen molar-refractivity contribution in [1.82, 2.24) is 4.72 Å². The number of anilines is 1. The van der Waals surface area contributed by atoms with Crippen molar-refractivity contribution in [3.8, 4) is 11.1 Å². The molecule has 0 heterocycles. The zero-order chi connectivity index (χ0) is 16.0. The van der Waals surface area contributed by atoms with Gasteiger partial charge in [-0.25, -0.2) is 13.1 Å². The molecule has 0 aliphatic heterocycles. The van der Waals surface area contributed by atoms with Crippen molar-refractivity contribution >= 4 is 15.7 Å². The number of benzene rings is 2. The van der Waals surface area contributed by atoms with E-state index in [1.165, 1.54) is 0 Å². The van der Waals surface area contributed by atoms with Crippen LogP contribution in [0.3, 0.4) is 0 Å². The van der Waals surface area contributed by atoms with E-state index in [-0.39, 0.29) is 0 Å². The molecular weight excluding hydrogens is 296 g/mol. The maximum Gasteiger partial charge on any atom is 0.241 e. The maximum atomic E-state index is 12.5. The quantitative estimate of drug-likeness (QED) is 0.607. The van der Waals surface area contributed by atoms with Crippen LogP contribution >= 0.6 is 0 Å². The Hall–Kier alpha value is -1.85. The zero-order valence-corrected chi connectivity index (χ0v) is 13.6. The van der Waals surface area contributed by atoms with Gasteiger partial charge >= 0.3 is 0 Å². The topological polar surface area (TPSA) is 72.2 Å². The van der Waals surface area contributed by atoms with Crippen LogP contribution in [0.2, 0.25) is 0 Å². The molecule has 0 spiro atoms. The molecular formula is C17H22N2O2S. The van der Waals surface area contributed by atoms with Gasteiger partial charge in [0.25, 0.3) is 0 Å². The van der Waals surface area contributed by atoms with E-state index in [9.17, 15) is 8.42 Å². The van der Waals surface area contributed by atoms with Gasteiger partial charge in [-0.2, -0.15) is 0 Å². The van der Waals surface area contributed by atoms with Crippen molar-refractivity contribution in [2.75, 3.05) is 12.3 Å². The number of sulfonamides is 1. The average molecular weight is 318 g/mol. The molecule has 0 atom stereocenters. The van der Waals surface area contributed by atoms with Gasteiger partial charge in [0.05, 0.1) is 4.90 Å². The molecule has 0 aromatic heterocycles. The molecule has 0 aliphatic rings. The van der Waals surface area contributed by atoms with Gasteiger partial charge in [0.1, 0.15) is 0 Å². The van der Waals surface area contributed by atoms with Crippen LogP contribution in [0.5, 0.6) is 0 Å². The second-order valence-electron chi connectivity index (χ2n) is 5.22. The first-order chi connectivity index (χ1) is 10.5. The summed E-state index contributed by atoms with van der Waals surface area (Å²) in [5.74, 6) is 0. The van der Waals surface area contributed by atoms with Gasteiger partial charge in [-0.05, 0) is 30.2 Å². The molecule has 0 saturated carbocycles. The van der Waals surface area contributed by atoms with Crippen LogP contribution in [0.15, 0.2) is 53.4 Å². The maximum absolute atomic E-state index is 12.5. The van der Waals surface area contributed by atoms with E-state index in [4.69, 9.17) is 5.73 Å². The molecule has 4 nitrogen and oxygen atoms in total. The summed E-state index contributed by atoms with van der Waals surface area (Å²) in [5, 5.41) is 0. The summed E-state index contributed by atoms with van der Waals surface area (Å²) in [6.45, 7) is 2.55. The number of rotatable bonds is 7. The van der Waals surface area contributed by atoms with Gasteiger partial charge in [0.15, 0.2) is 0 Å². The van der Waals surface area contributed by atoms with Gasteiger partial charge in [-0.3, -0.25) is 0 Å². The summed E-state index contributed by atoms with van der Waals surface area (Å²) in [4.78, 5) is 0.302. The SMILES string of the molecule is CCCCCNS(=O)(=O)c1ccccc1-c1ccc(N)cc1. The van der Waals surface area contributed by atoms with Crippen molar-refractivity contribution in [2.24, 2.45) is 0 Å². The lowest BCUT2D eigenvalue weighted by Crippen LogP contribution is -2.25. The summed E-state index contributed by atoms with van der Waals surface area (Å²) in [7, 11) is -3.51. The van der Waals surface area contributed by atoms with Gasteiger partial charge in [0.2, 0.25) is 10.0 Å². The van der Waals surface area contributed by atoms with Crippen LogP contribution in [0.4, 0.5) is 5.69 Å². The van der Waals surface area contributed by atoms with E-state index in [0.717, 1.165) is 24.8 Å². The second kappa shape index (κ2) is 7.42. The van der Waals surface area contributed by atoms with E-state index in [1.54, 1.807) is 24.3 Å². The molecule has 2 aromatic rings. The first kappa shape index (κ1) is 16.5. The molecule has 0 unspecified atom stereocenters. The van der Waals surface area contributed by atoms with Crippen molar-refractivity contribution in [3.05, 3.63) is 48.5 Å². The lowest BCUT2D eigenvalue weighted by atomic mass is 10.1. The monoisotopic (exact) mass is 318 g/mol. The number of hydrogen-bond donors (Lipinski definition) is 2. The summed E-state index contributed by atoms with van der Waals surface area (Å²) >= 11 is 0. The minimum absolute atomic E-state index is 0.302. The Kier molecular flexibility index (Phi) is 5.57. The number of nitrogen functional groups attached to an aromatic ring is 1. The van der Waals surface area contributed by atoms with Crippen LogP contribution < -0.4 is 10.5 Å². The van der Waals surface area contributed by atoms with E-state index >= 15 is 0 Å². The van der Waals surface area contributed by atoms with Crippen LogP contribution in [-0.4, -0.2) is 15.0 Å². The molecule has 3 N–H and O–H groups in total. The standard InChI is InChI=1S/C17H22N2O2S/c1-2-3-6-13-19-22(20,21)17-8-5-4-7-16(17)14-9-11-15(18)12-10-14/h4-5,7-12,19H,2-3,6,13,18H2,1H3. The predicted octanol–water partition coefficient (Wildman–Crippen LogP) is 3.40. The van der Waals surface area contributed by atoms with E-state index in [2.05, 4.69) is 11.6 Å². The van der Waals surface area contributed by atoms with Crippen molar-refractivity contribution in [2.45, 2.75) is 31.1 Å². The summed E-state index contributed by atoms with van der Waals surface area (Å²) in [6.07, 6.45) is 2.92. The highest BCUT2D eigenvalue weighted by atomic mass is 32.2. The Morgan fingerprint density at radius 3 is 2.36 bits per heavy atom. The lowest BCUT2D eigenvalue weighted by Gasteiger charge is -2.12. The number of nitrogens with one attached hydrogen (secondary N) is 1. The molecule has 0 bridgehead atoms. The molecule has 0 amide bonds.